The molecule has 2 saturated heterocycles. The van der Waals surface area contributed by atoms with Crippen LogP contribution >= 0.6 is 23.1 Å². The lowest BCUT2D eigenvalue weighted by atomic mass is 10.0. The van der Waals surface area contributed by atoms with Gasteiger partial charge in [0.15, 0.2) is 9.84 Å². The Kier molecular flexibility index (Phi) is 6.65. The monoisotopic (exact) mass is 497 g/mol. The number of piperidine rings is 1. The highest BCUT2D eigenvalue weighted by molar-refractivity contribution is 7.90. The third kappa shape index (κ3) is 4.87. The summed E-state index contributed by atoms with van der Waals surface area (Å²) in [5.74, 6) is 1.28. The highest BCUT2D eigenvalue weighted by atomic mass is 35.5. The number of aromatic nitrogens is 2. The molecule has 32 heavy (non-hydrogen) atoms. The van der Waals surface area contributed by atoms with Crippen molar-refractivity contribution >= 4 is 49.7 Å². The minimum atomic E-state index is -3.33. The van der Waals surface area contributed by atoms with Crippen LogP contribution in [-0.2, 0) is 14.6 Å². The zero-order valence-corrected chi connectivity index (χ0v) is 20.8. The molecule has 0 bridgehead atoms. The topological polar surface area (TPSA) is 95.5 Å². The van der Waals surface area contributed by atoms with Gasteiger partial charge in [-0.25, -0.2) is 13.4 Å². The summed E-state index contributed by atoms with van der Waals surface area (Å²) in [6, 6.07) is 4.41. The molecule has 2 aromatic rings. The lowest BCUT2D eigenvalue weighted by molar-refractivity contribution is -0.130. The van der Waals surface area contributed by atoms with E-state index in [0.717, 1.165) is 43.1 Å². The van der Waals surface area contributed by atoms with Crippen molar-refractivity contribution in [2.45, 2.75) is 56.0 Å². The summed E-state index contributed by atoms with van der Waals surface area (Å²) < 4.78 is 27.9. The number of amides is 1. The molecule has 11 heteroatoms. The molecule has 2 aliphatic rings. The van der Waals surface area contributed by atoms with Crippen molar-refractivity contribution in [3.8, 4) is 0 Å². The van der Waals surface area contributed by atoms with Crippen LogP contribution in [0.4, 0.5) is 10.8 Å². The van der Waals surface area contributed by atoms with E-state index in [-0.39, 0.29) is 22.9 Å². The predicted octanol–water partition coefficient (Wildman–Crippen LogP) is 3.40. The summed E-state index contributed by atoms with van der Waals surface area (Å²) in [6.45, 7) is 6.61. The van der Waals surface area contributed by atoms with Crippen LogP contribution in [0.25, 0.3) is 0 Å². The van der Waals surface area contributed by atoms with Crippen LogP contribution in [0.1, 0.15) is 44.9 Å². The normalized spacial score (nSPS) is 20.4. The van der Waals surface area contributed by atoms with E-state index in [0.29, 0.717) is 29.6 Å². The van der Waals surface area contributed by atoms with E-state index in [2.05, 4.69) is 33.4 Å². The van der Waals surface area contributed by atoms with Gasteiger partial charge in [0.25, 0.3) is 0 Å². The maximum atomic E-state index is 13.1. The summed E-state index contributed by atoms with van der Waals surface area (Å²) in [5.41, 5.74) is 0.575. The summed E-state index contributed by atoms with van der Waals surface area (Å²) in [4.78, 5) is 22.1. The number of carbonyl (C=O) groups excluding carboxylic acids is 1. The molecule has 4 rings (SSSR count). The zero-order chi connectivity index (χ0) is 23.0. The van der Waals surface area contributed by atoms with E-state index < -0.39 is 9.84 Å². The molecule has 0 spiro atoms. The Balaban J connectivity index is 1.35. The molecule has 0 saturated carbocycles. The molecular formula is C21H28ClN5O3S2. The van der Waals surface area contributed by atoms with Gasteiger partial charge in [0.05, 0.1) is 15.6 Å². The fraction of sp³-hybridized carbons (Fsp3) is 0.571. The molecule has 1 N–H and O–H groups in total. The Hall–Kier alpha value is -1.91. The zero-order valence-electron chi connectivity index (χ0n) is 18.4. The number of rotatable bonds is 6. The molecule has 1 aromatic carbocycles. The Labute approximate surface area is 198 Å². The minimum absolute atomic E-state index is 0.0738. The average molecular weight is 498 g/mol. The van der Waals surface area contributed by atoms with Gasteiger partial charge in [-0.15, -0.1) is 0 Å². The number of nitrogens with zero attached hydrogens (tertiary/aromatic N) is 4. The van der Waals surface area contributed by atoms with Crippen molar-refractivity contribution < 1.29 is 13.2 Å². The van der Waals surface area contributed by atoms with Crippen molar-refractivity contribution in [2.75, 3.05) is 36.1 Å². The third-order valence-electron chi connectivity index (χ3n) is 6.06. The van der Waals surface area contributed by atoms with Crippen molar-refractivity contribution in [3.63, 3.8) is 0 Å². The van der Waals surface area contributed by atoms with Gasteiger partial charge in [-0.05, 0) is 37.5 Å². The molecule has 1 amide bonds. The average Bonchev–Trinajstić information content (AvgIpc) is 3.37. The van der Waals surface area contributed by atoms with Crippen molar-refractivity contribution in [3.05, 3.63) is 29.0 Å². The first-order chi connectivity index (χ1) is 15.1. The molecule has 3 heterocycles. The van der Waals surface area contributed by atoms with E-state index in [1.807, 2.05) is 4.90 Å². The molecule has 174 valence electrons. The van der Waals surface area contributed by atoms with Crippen molar-refractivity contribution in [1.29, 1.82) is 0 Å². The smallest absolute Gasteiger partial charge is 0.245 e. The summed E-state index contributed by atoms with van der Waals surface area (Å²) in [6.07, 6.45) is 3.64. The molecule has 8 nitrogen and oxygen atoms in total. The first kappa shape index (κ1) is 23.3. The van der Waals surface area contributed by atoms with E-state index in [1.165, 1.54) is 23.7 Å². The van der Waals surface area contributed by atoms with Gasteiger partial charge in [-0.3, -0.25) is 4.79 Å². The van der Waals surface area contributed by atoms with Crippen LogP contribution in [0.15, 0.2) is 23.1 Å². The maximum absolute atomic E-state index is 13.1. The lowest BCUT2D eigenvalue weighted by Gasteiger charge is -2.36. The van der Waals surface area contributed by atoms with Crippen LogP contribution < -0.4 is 10.2 Å². The number of sulfone groups is 1. The Morgan fingerprint density at radius 1 is 1.19 bits per heavy atom. The first-order valence-corrected chi connectivity index (χ1v) is 13.8. The number of hydrogen-bond donors (Lipinski definition) is 1. The van der Waals surface area contributed by atoms with E-state index in [4.69, 9.17) is 11.6 Å². The number of carbonyl (C=O) groups is 1. The van der Waals surface area contributed by atoms with Crippen LogP contribution in [0.3, 0.4) is 0 Å². The third-order valence-corrected chi connectivity index (χ3v) is 8.28. The molecular weight excluding hydrogens is 470 g/mol. The standard InChI is InChI=1S/C21H28ClN5O3S2/c1-13(2)19-24-21(31-25-19)26-9-6-14(7-10-26)27-11-8-18(20(27)28)23-17-5-4-15(12-16(17)22)32(3,29)30/h4-5,12-14,18,23H,6-11H2,1-3H3/t18-/m0/s1. The molecule has 0 unspecified atom stereocenters. The fourth-order valence-corrected chi connectivity index (χ4v) is 5.99. The second-order valence-electron chi connectivity index (χ2n) is 8.74. The highest BCUT2D eigenvalue weighted by Crippen LogP contribution is 2.31. The van der Waals surface area contributed by atoms with Crippen molar-refractivity contribution in [1.82, 2.24) is 14.3 Å². The van der Waals surface area contributed by atoms with Gasteiger partial charge < -0.3 is 15.1 Å². The first-order valence-electron chi connectivity index (χ1n) is 10.8. The van der Waals surface area contributed by atoms with Gasteiger partial charge in [0, 0.05) is 49.4 Å². The Morgan fingerprint density at radius 3 is 2.50 bits per heavy atom. The maximum Gasteiger partial charge on any atom is 0.245 e. The SMILES string of the molecule is CC(C)c1nsc(N2CCC(N3CC[C@H](Nc4ccc(S(C)(=O)=O)cc4Cl)C3=O)CC2)n1. The number of halogens is 1. The molecule has 2 fully saturated rings. The predicted molar refractivity (Wildman–Crippen MR) is 128 cm³/mol. The summed E-state index contributed by atoms with van der Waals surface area (Å²) in [7, 11) is -3.33. The highest BCUT2D eigenvalue weighted by Gasteiger charge is 2.37. The summed E-state index contributed by atoms with van der Waals surface area (Å²) in [5, 5.41) is 4.47. The van der Waals surface area contributed by atoms with Crippen LogP contribution in [-0.4, -0.2) is 66.6 Å². The van der Waals surface area contributed by atoms with E-state index >= 15 is 0 Å². The van der Waals surface area contributed by atoms with E-state index in [9.17, 15) is 13.2 Å². The van der Waals surface area contributed by atoms with Gasteiger partial charge in [-0.2, -0.15) is 4.37 Å². The Morgan fingerprint density at radius 2 is 1.91 bits per heavy atom. The number of anilines is 2. The van der Waals surface area contributed by atoms with Gasteiger partial charge in [0.2, 0.25) is 11.0 Å². The second-order valence-corrected chi connectivity index (χ2v) is 11.9. The summed E-state index contributed by atoms with van der Waals surface area (Å²) >= 11 is 7.72. The molecule has 0 aliphatic carbocycles. The quantitative estimate of drug-likeness (QED) is 0.653. The lowest BCUT2D eigenvalue weighted by Crippen LogP contribution is -2.47. The number of nitrogens with one attached hydrogen (secondary N) is 1. The number of hydrogen-bond acceptors (Lipinski definition) is 8. The largest absolute Gasteiger partial charge is 0.372 e. The van der Waals surface area contributed by atoms with Crippen LogP contribution in [0.5, 0.6) is 0 Å². The van der Waals surface area contributed by atoms with E-state index in [1.54, 1.807) is 6.07 Å². The van der Waals surface area contributed by atoms with Crippen LogP contribution in [0.2, 0.25) is 5.02 Å². The second kappa shape index (κ2) is 9.15. The van der Waals surface area contributed by atoms with Gasteiger partial charge >= 0.3 is 0 Å². The molecule has 2 aliphatic heterocycles. The number of benzene rings is 1. The number of likely N-dealkylation sites (tertiary alicyclic amines) is 1. The van der Waals surface area contributed by atoms with Gasteiger partial charge in [-0.1, -0.05) is 25.4 Å². The minimum Gasteiger partial charge on any atom is -0.372 e. The fourth-order valence-electron chi connectivity index (χ4n) is 4.19. The van der Waals surface area contributed by atoms with Crippen LogP contribution in [0, 0.1) is 0 Å². The molecule has 0 radical (unpaired) electrons. The Bertz CT molecular complexity index is 1100. The van der Waals surface area contributed by atoms with Gasteiger partial charge in [0.1, 0.15) is 11.9 Å². The molecule has 1 aromatic heterocycles. The molecule has 1 atom stereocenters. The van der Waals surface area contributed by atoms with Crippen molar-refractivity contribution in [2.24, 2.45) is 0 Å².